The molecule has 0 spiro atoms. The summed E-state index contributed by atoms with van der Waals surface area (Å²) in [4.78, 5) is 26.2. The molecule has 0 aromatic heterocycles. The molecule has 0 radical (unpaired) electrons. The Morgan fingerprint density at radius 1 is 1.29 bits per heavy atom. The Labute approximate surface area is 143 Å². The maximum Gasteiger partial charge on any atom is 0.475 e. The fourth-order valence-corrected chi connectivity index (χ4v) is 3.13. The summed E-state index contributed by atoms with van der Waals surface area (Å²) in [6.07, 6.45) is 0.879. The molecule has 2 atom stereocenters. The van der Waals surface area contributed by atoms with E-state index in [0.29, 0.717) is 19.4 Å². The highest BCUT2D eigenvalue weighted by Crippen LogP contribution is 2.23. The Balaban J connectivity index is 2.18. The third-order valence-electron chi connectivity index (χ3n) is 4.37. The minimum Gasteiger partial charge on any atom is -0.426 e. The van der Waals surface area contributed by atoms with Crippen molar-refractivity contribution in [2.45, 2.75) is 52.1 Å². The van der Waals surface area contributed by atoms with Crippen LogP contribution in [0.2, 0.25) is 0 Å². The van der Waals surface area contributed by atoms with Crippen molar-refractivity contribution in [3.05, 3.63) is 35.4 Å². The summed E-state index contributed by atoms with van der Waals surface area (Å²) in [5.74, 6) is -1.07. The number of hydrogen-bond acceptors (Lipinski definition) is 4. The van der Waals surface area contributed by atoms with Gasteiger partial charge in [0.25, 0.3) is 0 Å². The SMILES string of the molecule is CC(=O)N1Cc2ccccc2CC1C(=O)N[C@@H](CC(C)C)B(O)O. The lowest BCUT2D eigenvalue weighted by molar-refractivity contribution is -0.140. The molecule has 1 aliphatic heterocycles. The van der Waals surface area contributed by atoms with Gasteiger partial charge in [-0.15, -0.1) is 0 Å². The molecule has 2 rings (SSSR count). The van der Waals surface area contributed by atoms with E-state index in [4.69, 9.17) is 0 Å². The molecule has 24 heavy (non-hydrogen) atoms. The average molecular weight is 332 g/mol. The van der Waals surface area contributed by atoms with Crippen LogP contribution in [0.1, 0.15) is 38.3 Å². The molecule has 7 heteroatoms. The molecular weight excluding hydrogens is 307 g/mol. The first kappa shape index (κ1) is 18.5. The summed E-state index contributed by atoms with van der Waals surface area (Å²) in [6.45, 7) is 5.72. The van der Waals surface area contributed by atoms with Crippen molar-refractivity contribution in [1.29, 1.82) is 0 Å². The monoisotopic (exact) mass is 332 g/mol. The van der Waals surface area contributed by atoms with Gasteiger partial charge < -0.3 is 20.3 Å². The van der Waals surface area contributed by atoms with Crippen LogP contribution >= 0.6 is 0 Å². The first-order chi connectivity index (χ1) is 11.3. The van der Waals surface area contributed by atoms with Gasteiger partial charge in [-0.2, -0.15) is 0 Å². The van der Waals surface area contributed by atoms with Gasteiger partial charge in [0.15, 0.2) is 0 Å². The number of nitrogens with one attached hydrogen (secondary N) is 1. The van der Waals surface area contributed by atoms with E-state index in [1.54, 1.807) is 0 Å². The predicted octanol–water partition coefficient (Wildman–Crippen LogP) is 0.503. The lowest BCUT2D eigenvalue weighted by Crippen LogP contribution is -2.56. The minimum absolute atomic E-state index is 0.172. The second-order valence-electron chi connectivity index (χ2n) is 6.79. The lowest BCUT2D eigenvalue weighted by Gasteiger charge is -2.36. The maximum absolute atomic E-state index is 12.7. The molecule has 1 aromatic carbocycles. The molecule has 6 nitrogen and oxygen atoms in total. The van der Waals surface area contributed by atoms with E-state index in [1.807, 2.05) is 38.1 Å². The van der Waals surface area contributed by atoms with E-state index in [2.05, 4.69) is 5.32 Å². The molecule has 1 unspecified atom stereocenters. The third-order valence-corrected chi connectivity index (χ3v) is 4.37. The molecule has 0 saturated heterocycles. The molecular formula is C17H25BN2O4. The Bertz CT molecular complexity index is 606. The van der Waals surface area contributed by atoms with Crippen LogP contribution in [0, 0.1) is 5.92 Å². The summed E-state index contributed by atoms with van der Waals surface area (Å²) >= 11 is 0. The summed E-state index contributed by atoms with van der Waals surface area (Å²) < 4.78 is 0. The van der Waals surface area contributed by atoms with Crippen molar-refractivity contribution >= 4 is 18.9 Å². The molecule has 130 valence electrons. The molecule has 1 aliphatic rings. The van der Waals surface area contributed by atoms with Crippen LogP contribution in [0.15, 0.2) is 24.3 Å². The fraction of sp³-hybridized carbons (Fsp3) is 0.529. The van der Waals surface area contributed by atoms with Gasteiger partial charge in [0.1, 0.15) is 6.04 Å². The molecule has 1 aromatic rings. The predicted molar refractivity (Wildman–Crippen MR) is 91.7 cm³/mol. The molecule has 2 amide bonds. The van der Waals surface area contributed by atoms with Gasteiger partial charge in [-0.05, 0) is 23.5 Å². The maximum atomic E-state index is 12.7. The van der Waals surface area contributed by atoms with Gasteiger partial charge in [0, 0.05) is 19.9 Å². The van der Waals surface area contributed by atoms with Crippen LogP contribution in [-0.2, 0) is 22.6 Å². The van der Waals surface area contributed by atoms with E-state index in [-0.39, 0.29) is 17.7 Å². The highest BCUT2D eigenvalue weighted by atomic mass is 16.4. The van der Waals surface area contributed by atoms with Gasteiger partial charge in [0.2, 0.25) is 11.8 Å². The smallest absolute Gasteiger partial charge is 0.426 e. The van der Waals surface area contributed by atoms with E-state index in [9.17, 15) is 19.6 Å². The zero-order valence-corrected chi connectivity index (χ0v) is 14.4. The van der Waals surface area contributed by atoms with Crippen LogP contribution < -0.4 is 5.32 Å². The van der Waals surface area contributed by atoms with Crippen molar-refractivity contribution in [1.82, 2.24) is 10.2 Å². The zero-order valence-electron chi connectivity index (χ0n) is 14.4. The van der Waals surface area contributed by atoms with Gasteiger partial charge in [-0.3, -0.25) is 9.59 Å². The van der Waals surface area contributed by atoms with Crippen LogP contribution in [0.25, 0.3) is 0 Å². The lowest BCUT2D eigenvalue weighted by atomic mass is 9.75. The summed E-state index contributed by atoms with van der Waals surface area (Å²) in [5.41, 5.74) is 2.08. The van der Waals surface area contributed by atoms with Gasteiger partial charge >= 0.3 is 7.12 Å². The molecule has 0 fully saturated rings. The highest BCUT2D eigenvalue weighted by Gasteiger charge is 2.35. The van der Waals surface area contributed by atoms with Crippen molar-refractivity contribution in [3.8, 4) is 0 Å². The minimum atomic E-state index is -1.63. The number of benzene rings is 1. The number of nitrogens with zero attached hydrogens (tertiary/aromatic N) is 1. The molecule has 1 heterocycles. The largest absolute Gasteiger partial charge is 0.475 e. The van der Waals surface area contributed by atoms with Crippen molar-refractivity contribution < 1.29 is 19.6 Å². The molecule has 0 bridgehead atoms. The average Bonchev–Trinajstić information content (AvgIpc) is 2.52. The standard InChI is InChI=1S/C17H25BN2O4/c1-11(2)8-16(18(23)24)19-17(22)15-9-13-6-4-5-7-14(13)10-20(15)12(3)21/h4-7,11,15-16,23-24H,8-10H2,1-3H3,(H,19,22)/t15?,16-/m0/s1. The third kappa shape index (κ3) is 4.36. The number of carbonyl (C=O) groups excluding carboxylic acids is 2. The van der Waals surface area contributed by atoms with Gasteiger partial charge in [-0.1, -0.05) is 38.1 Å². The van der Waals surface area contributed by atoms with Crippen molar-refractivity contribution in [2.24, 2.45) is 5.92 Å². The fourth-order valence-electron chi connectivity index (χ4n) is 3.13. The van der Waals surface area contributed by atoms with Crippen molar-refractivity contribution in [3.63, 3.8) is 0 Å². The second kappa shape index (κ2) is 7.81. The van der Waals surface area contributed by atoms with E-state index in [1.165, 1.54) is 11.8 Å². The number of amides is 2. The van der Waals surface area contributed by atoms with Crippen LogP contribution in [0.4, 0.5) is 0 Å². The highest BCUT2D eigenvalue weighted by molar-refractivity contribution is 6.43. The van der Waals surface area contributed by atoms with Crippen LogP contribution in [0.3, 0.4) is 0 Å². The molecule has 0 aliphatic carbocycles. The summed E-state index contributed by atoms with van der Waals surface area (Å²) in [5, 5.41) is 21.7. The normalized spacial score (nSPS) is 18.1. The first-order valence-electron chi connectivity index (χ1n) is 8.30. The van der Waals surface area contributed by atoms with Gasteiger partial charge in [0.05, 0.1) is 5.94 Å². The summed E-state index contributed by atoms with van der Waals surface area (Å²) in [6, 6.07) is 7.11. The number of hydrogen-bond donors (Lipinski definition) is 3. The Hall–Kier alpha value is -1.86. The topological polar surface area (TPSA) is 89.9 Å². The van der Waals surface area contributed by atoms with Crippen molar-refractivity contribution in [2.75, 3.05) is 0 Å². The number of fused-ring (bicyclic) bond motifs is 1. The van der Waals surface area contributed by atoms with E-state index in [0.717, 1.165) is 11.1 Å². The number of carbonyl (C=O) groups is 2. The van der Waals surface area contributed by atoms with Gasteiger partial charge in [-0.25, -0.2) is 0 Å². The van der Waals surface area contributed by atoms with Crippen LogP contribution in [-0.4, -0.2) is 45.9 Å². The molecule has 3 N–H and O–H groups in total. The Morgan fingerprint density at radius 2 is 1.92 bits per heavy atom. The Kier molecular flexibility index (Phi) is 6.02. The first-order valence-corrected chi connectivity index (χ1v) is 8.30. The number of rotatable bonds is 5. The van der Waals surface area contributed by atoms with E-state index < -0.39 is 19.1 Å². The molecule has 0 saturated carbocycles. The Morgan fingerprint density at radius 3 is 2.46 bits per heavy atom. The summed E-state index contributed by atoms with van der Waals surface area (Å²) in [7, 11) is -1.63. The van der Waals surface area contributed by atoms with Crippen LogP contribution in [0.5, 0.6) is 0 Å². The second-order valence-corrected chi connectivity index (χ2v) is 6.79. The zero-order chi connectivity index (χ0) is 17.9. The quantitative estimate of drug-likeness (QED) is 0.685. The van der Waals surface area contributed by atoms with E-state index >= 15 is 0 Å².